The second kappa shape index (κ2) is 6.26. The van der Waals surface area contributed by atoms with Gasteiger partial charge >= 0.3 is 0 Å². The molecule has 6 heteroatoms. The molecule has 0 fully saturated rings. The quantitative estimate of drug-likeness (QED) is 0.896. The number of thioether (sulfide) groups is 1. The lowest BCUT2D eigenvalue weighted by Gasteiger charge is -2.32. The molecule has 2 aromatic heterocycles. The minimum atomic E-state index is -0.0128. The van der Waals surface area contributed by atoms with Crippen molar-refractivity contribution in [3.63, 3.8) is 0 Å². The lowest BCUT2D eigenvalue weighted by Crippen LogP contribution is -2.26. The summed E-state index contributed by atoms with van der Waals surface area (Å²) >= 11 is 1.87. The van der Waals surface area contributed by atoms with E-state index in [1.807, 2.05) is 23.9 Å². The van der Waals surface area contributed by atoms with Crippen molar-refractivity contribution in [2.24, 2.45) is 0 Å². The molecule has 0 radical (unpaired) electrons. The third-order valence-electron chi connectivity index (χ3n) is 3.89. The van der Waals surface area contributed by atoms with Gasteiger partial charge < -0.3 is 14.8 Å². The summed E-state index contributed by atoms with van der Waals surface area (Å²) in [6.07, 6.45) is 2.43. The fourth-order valence-electron chi connectivity index (χ4n) is 2.81. The maximum absolute atomic E-state index is 9.64. The summed E-state index contributed by atoms with van der Waals surface area (Å²) < 4.78 is 5.62. The standard InChI is InChI=1S/C17H19N3O2S/c1-17(2)8-11-12(9-18)16(19-5-6-21)20-15(13(11)10-23-17)14-4-3-7-22-14/h3-4,7,21H,5-6,8,10H2,1-2H3,(H,19,20). The van der Waals surface area contributed by atoms with Gasteiger partial charge in [-0.15, -0.1) is 0 Å². The fourth-order valence-corrected chi connectivity index (χ4v) is 3.90. The van der Waals surface area contributed by atoms with Crippen molar-refractivity contribution in [3.8, 4) is 17.5 Å². The summed E-state index contributed by atoms with van der Waals surface area (Å²) in [6.45, 7) is 4.72. The van der Waals surface area contributed by atoms with E-state index in [2.05, 4.69) is 30.2 Å². The number of hydrogen-bond donors (Lipinski definition) is 2. The van der Waals surface area contributed by atoms with Crippen LogP contribution in [0.3, 0.4) is 0 Å². The van der Waals surface area contributed by atoms with Gasteiger partial charge in [0.1, 0.15) is 17.6 Å². The molecule has 3 rings (SSSR count). The summed E-state index contributed by atoms with van der Waals surface area (Å²) in [5.41, 5.74) is 3.48. The van der Waals surface area contributed by atoms with Crippen LogP contribution in [-0.2, 0) is 12.2 Å². The number of hydrogen-bond acceptors (Lipinski definition) is 6. The van der Waals surface area contributed by atoms with Crippen molar-refractivity contribution in [1.82, 2.24) is 4.98 Å². The molecule has 0 saturated heterocycles. The second-order valence-corrected chi connectivity index (χ2v) is 7.79. The van der Waals surface area contributed by atoms with Gasteiger partial charge in [0.15, 0.2) is 5.76 Å². The molecule has 0 amide bonds. The van der Waals surface area contributed by atoms with Crippen LogP contribution < -0.4 is 5.32 Å². The monoisotopic (exact) mass is 329 g/mol. The van der Waals surface area contributed by atoms with Gasteiger partial charge in [0, 0.05) is 17.0 Å². The van der Waals surface area contributed by atoms with Crippen LogP contribution in [-0.4, -0.2) is 28.0 Å². The van der Waals surface area contributed by atoms with Gasteiger partial charge in [0.2, 0.25) is 0 Å². The van der Waals surface area contributed by atoms with E-state index in [0.29, 0.717) is 23.7 Å². The first-order chi connectivity index (χ1) is 11.1. The van der Waals surface area contributed by atoms with Gasteiger partial charge in [-0.25, -0.2) is 4.98 Å². The van der Waals surface area contributed by atoms with E-state index in [-0.39, 0.29) is 11.4 Å². The number of aromatic nitrogens is 1. The highest BCUT2D eigenvalue weighted by Crippen LogP contribution is 2.43. The summed E-state index contributed by atoms with van der Waals surface area (Å²) in [7, 11) is 0. The Hall–Kier alpha value is -1.97. The van der Waals surface area contributed by atoms with Gasteiger partial charge in [-0.3, -0.25) is 0 Å². The summed E-state index contributed by atoms with van der Waals surface area (Å²) in [5, 5.41) is 21.8. The van der Waals surface area contributed by atoms with E-state index < -0.39 is 0 Å². The number of nitriles is 1. The highest BCUT2D eigenvalue weighted by molar-refractivity contribution is 7.99. The lowest BCUT2D eigenvalue weighted by molar-refractivity contribution is 0.311. The number of pyridine rings is 1. The van der Waals surface area contributed by atoms with Gasteiger partial charge in [0.05, 0.1) is 18.4 Å². The Kier molecular flexibility index (Phi) is 4.33. The van der Waals surface area contributed by atoms with Crippen LogP contribution in [0.15, 0.2) is 22.8 Å². The topological polar surface area (TPSA) is 82.1 Å². The van der Waals surface area contributed by atoms with Gasteiger partial charge in [-0.1, -0.05) is 13.8 Å². The summed E-state index contributed by atoms with van der Waals surface area (Å²) in [6, 6.07) is 6.02. The number of furan rings is 1. The molecular formula is C17H19N3O2S. The van der Waals surface area contributed by atoms with E-state index in [0.717, 1.165) is 29.0 Å². The smallest absolute Gasteiger partial charge is 0.152 e. The number of aliphatic hydroxyl groups excluding tert-OH is 1. The normalized spacial score (nSPS) is 15.7. The van der Waals surface area contributed by atoms with Crippen molar-refractivity contribution in [2.75, 3.05) is 18.5 Å². The summed E-state index contributed by atoms with van der Waals surface area (Å²) in [4.78, 5) is 4.63. The minimum Gasteiger partial charge on any atom is -0.463 e. The van der Waals surface area contributed by atoms with Crippen LogP contribution in [0.4, 0.5) is 5.82 Å². The number of aliphatic hydroxyl groups is 1. The molecule has 0 spiro atoms. The molecule has 0 aliphatic carbocycles. The van der Waals surface area contributed by atoms with Crippen LogP contribution in [0.5, 0.6) is 0 Å². The first kappa shape index (κ1) is 15.9. The molecule has 0 atom stereocenters. The molecule has 120 valence electrons. The molecule has 2 aromatic rings. The Morgan fingerprint density at radius 1 is 1.48 bits per heavy atom. The van der Waals surface area contributed by atoms with E-state index >= 15 is 0 Å². The second-order valence-electron chi connectivity index (χ2n) is 6.11. The van der Waals surface area contributed by atoms with Crippen molar-refractivity contribution < 1.29 is 9.52 Å². The molecule has 1 aliphatic heterocycles. The Bertz CT molecular complexity index is 748. The third kappa shape index (κ3) is 3.07. The Labute approximate surface area is 139 Å². The molecule has 5 nitrogen and oxygen atoms in total. The lowest BCUT2D eigenvalue weighted by atomic mass is 9.92. The molecular weight excluding hydrogens is 310 g/mol. The Morgan fingerprint density at radius 2 is 2.30 bits per heavy atom. The third-order valence-corrected chi connectivity index (χ3v) is 5.25. The average molecular weight is 329 g/mol. The summed E-state index contributed by atoms with van der Waals surface area (Å²) in [5.74, 6) is 2.04. The predicted octanol–water partition coefficient (Wildman–Crippen LogP) is 3.19. The van der Waals surface area contributed by atoms with Crippen LogP contribution in [0, 0.1) is 11.3 Å². The number of nitrogens with zero attached hydrogens (tertiary/aromatic N) is 2. The first-order valence-corrected chi connectivity index (χ1v) is 8.52. The van der Waals surface area contributed by atoms with E-state index in [4.69, 9.17) is 9.52 Å². The zero-order chi connectivity index (χ0) is 16.4. The Morgan fingerprint density at radius 3 is 2.96 bits per heavy atom. The van der Waals surface area contributed by atoms with Gasteiger partial charge in [-0.05, 0) is 29.7 Å². The molecule has 0 saturated carbocycles. The van der Waals surface area contributed by atoms with Crippen molar-refractivity contribution >= 4 is 17.6 Å². The fraction of sp³-hybridized carbons (Fsp3) is 0.412. The molecule has 2 N–H and O–H groups in total. The molecule has 0 aromatic carbocycles. The first-order valence-electron chi connectivity index (χ1n) is 7.54. The maximum atomic E-state index is 9.64. The van der Waals surface area contributed by atoms with Gasteiger partial charge in [0.25, 0.3) is 0 Å². The van der Waals surface area contributed by atoms with Crippen LogP contribution in [0.2, 0.25) is 0 Å². The van der Waals surface area contributed by atoms with Crippen molar-refractivity contribution in [3.05, 3.63) is 35.1 Å². The van der Waals surface area contributed by atoms with Crippen molar-refractivity contribution in [2.45, 2.75) is 30.8 Å². The molecule has 3 heterocycles. The zero-order valence-corrected chi connectivity index (χ0v) is 14.0. The van der Waals surface area contributed by atoms with Crippen LogP contribution in [0.1, 0.15) is 30.5 Å². The number of fused-ring (bicyclic) bond motifs is 1. The molecule has 1 aliphatic rings. The number of nitrogens with one attached hydrogen (secondary N) is 1. The van der Waals surface area contributed by atoms with Crippen molar-refractivity contribution in [1.29, 1.82) is 5.26 Å². The van der Waals surface area contributed by atoms with Crippen LogP contribution in [0.25, 0.3) is 11.5 Å². The highest BCUT2D eigenvalue weighted by Gasteiger charge is 2.32. The van der Waals surface area contributed by atoms with Gasteiger partial charge in [-0.2, -0.15) is 17.0 Å². The zero-order valence-electron chi connectivity index (χ0n) is 13.2. The minimum absolute atomic E-state index is 0.0128. The largest absolute Gasteiger partial charge is 0.463 e. The molecule has 23 heavy (non-hydrogen) atoms. The highest BCUT2D eigenvalue weighted by atomic mass is 32.2. The SMILES string of the molecule is CC1(C)Cc2c(C#N)c(NCCO)nc(-c3ccco3)c2CS1. The predicted molar refractivity (Wildman–Crippen MR) is 91.3 cm³/mol. The van der Waals surface area contributed by atoms with E-state index in [1.54, 1.807) is 6.26 Å². The maximum Gasteiger partial charge on any atom is 0.152 e. The van der Waals surface area contributed by atoms with E-state index in [9.17, 15) is 5.26 Å². The number of anilines is 1. The average Bonchev–Trinajstić information content (AvgIpc) is 3.05. The van der Waals surface area contributed by atoms with Crippen LogP contribution >= 0.6 is 11.8 Å². The molecule has 0 bridgehead atoms. The molecule has 0 unspecified atom stereocenters. The van der Waals surface area contributed by atoms with E-state index in [1.165, 1.54) is 0 Å². The number of rotatable bonds is 4. The Balaban J connectivity index is 2.20.